The molecule has 1 aromatic carbocycles. The van der Waals surface area contributed by atoms with Crippen molar-refractivity contribution in [3.63, 3.8) is 0 Å². The Kier molecular flexibility index (Phi) is 1.25. The molecule has 0 atom stereocenters. The van der Waals surface area contributed by atoms with E-state index < -0.39 is 0 Å². The molecule has 0 amide bonds. The van der Waals surface area contributed by atoms with Gasteiger partial charge in [-0.05, 0) is 0 Å². The molecule has 0 aliphatic rings. The van der Waals surface area contributed by atoms with Crippen LogP contribution in [0.25, 0.3) is 4.98 Å². The summed E-state index contributed by atoms with van der Waals surface area (Å²) in [6, 6.07) is 8.94. The van der Waals surface area contributed by atoms with E-state index in [0.717, 1.165) is 0 Å². The van der Waals surface area contributed by atoms with Gasteiger partial charge in [-0.1, -0.05) is 18.2 Å². The van der Waals surface area contributed by atoms with Crippen LogP contribution in [0.2, 0.25) is 0 Å². The molecule has 38 valence electrons. The highest BCUT2D eigenvalue weighted by Gasteiger charge is 1.95. The van der Waals surface area contributed by atoms with Crippen LogP contribution in [-0.2, 0) is 0 Å². The molecular formula is C6H5N2+. The molecule has 0 bridgehead atoms. The zero-order valence-electron chi connectivity index (χ0n) is 4.28. The van der Waals surface area contributed by atoms with Gasteiger partial charge in [-0.3, -0.25) is 0 Å². The van der Waals surface area contributed by atoms with E-state index in [2.05, 4.69) is 4.98 Å². The fourth-order valence-electron chi connectivity index (χ4n) is 0.495. The predicted octanol–water partition coefficient (Wildman–Crippen LogP) is 2.17. The van der Waals surface area contributed by atoms with Gasteiger partial charge in [-0.25, -0.2) is 0 Å². The van der Waals surface area contributed by atoms with E-state index in [0.29, 0.717) is 5.69 Å². The molecule has 0 saturated heterocycles. The molecule has 0 spiro atoms. The van der Waals surface area contributed by atoms with Crippen molar-refractivity contribution in [2.24, 2.45) is 0 Å². The van der Waals surface area contributed by atoms with E-state index in [1.165, 1.54) is 0 Å². The summed E-state index contributed by atoms with van der Waals surface area (Å²) >= 11 is 0. The summed E-state index contributed by atoms with van der Waals surface area (Å²) in [6.45, 7) is 0. The molecule has 1 aromatic rings. The Morgan fingerprint density at radius 2 is 1.75 bits per heavy atom. The van der Waals surface area contributed by atoms with Crippen molar-refractivity contribution in [1.29, 1.82) is 5.39 Å². The summed E-state index contributed by atoms with van der Waals surface area (Å²) in [7, 11) is 0. The van der Waals surface area contributed by atoms with Crippen molar-refractivity contribution in [2.75, 3.05) is 0 Å². The fraction of sp³-hybridized carbons (Fsp3) is 0. The minimum atomic E-state index is 0.590. The standard InChI is InChI=1S/C6H5N2/c7-8-6-4-2-1-3-5-6/h1-5H/q+1/i7+1,8+1. The first-order valence-electron chi connectivity index (χ1n) is 2.33. The number of hydrogen-bond acceptors (Lipinski definition) is 1. The lowest BCUT2D eigenvalue weighted by Crippen LogP contribution is -1.54. The van der Waals surface area contributed by atoms with E-state index in [9.17, 15) is 0 Å². The molecule has 2 heteroatoms. The molecule has 8 heavy (non-hydrogen) atoms. The molecule has 0 aliphatic carbocycles. The molecule has 0 saturated carbocycles. The summed E-state index contributed by atoms with van der Waals surface area (Å²) in [5.74, 6) is 0. The van der Waals surface area contributed by atoms with Crippen molar-refractivity contribution in [2.45, 2.75) is 0 Å². The van der Waals surface area contributed by atoms with Crippen LogP contribution in [-0.4, -0.2) is 0 Å². The van der Waals surface area contributed by atoms with Crippen LogP contribution in [0.1, 0.15) is 0 Å². The lowest BCUT2D eigenvalue weighted by Gasteiger charge is -1.69. The fourth-order valence-corrected chi connectivity index (χ4v) is 0.495. The van der Waals surface area contributed by atoms with Gasteiger partial charge in [0.15, 0.2) is 4.98 Å². The number of hydrogen-bond donors (Lipinski definition) is 0. The van der Waals surface area contributed by atoms with Crippen molar-refractivity contribution in [3.05, 3.63) is 35.3 Å². The molecular weight excluding hydrogens is 102 g/mol. The molecule has 0 fully saturated rings. The Bertz CT molecular complexity index is 198. The monoisotopic (exact) mass is 107 g/mol. The quantitative estimate of drug-likeness (QED) is 0.369. The van der Waals surface area contributed by atoms with Gasteiger partial charge in [0, 0.05) is 12.1 Å². The van der Waals surface area contributed by atoms with E-state index in [-0.39, 0.29) is 0 Å². The Labute approximate surface area is 47.4 Å². The first-order chi connectivity index (χ1) is 3.93. The smallest absolute Gasteiger partial charge is 0.0617 e. The van der Waals surface area contributed by atoms with Crippen LogP contribution >= 0.6 is 0 Å². The number of benzene rings is 1. The van der Waals surface area contributed by atoms with E-state index in [1.807, 2.05) is 18.2 Å². The van der Waals surface area contributed by atoms with Gasteiger partial charge < -0.3 is 0 Å². The Hall–Kier alpha value is -1.36. The Morgan fingerprint density at radius 1 is 1.12 bits per heavy atom. The van der Waals surface area contributed by atoms with Crippen LogP contribution in [0, 0.1) is 5.39 Å². The first kappa shape index (κ1) is 4.79. The normalized spacial score (nSPS) is 7.88. The highest BCUT2D eigenvalue weighted by Crippen LogP contribution is 2.07. The zero-order valence-corrected chi connectivity index (χ0v) is 4.28. The molecule has 0 unspecified atom stereocenters. The van der Waals surface area contributed by atoms with Gasteiger partial charge in [0.25, 0.3) is 0 Å². The summed E-state index contributed by atoms with van der Waals surface area (Å²) in [5, 5.41) is 8.16. The lowest BCUT2D eigenvalue weighted by atomic mass is 10.3. The van der Waals surface area contributed by atoms with Crippen LogP contribution in [0.4, 0.5) is 5.69 Å². The predicted molar refractivity (Wildman–Crippen MR) is 31.2 cm³/mol. The number of rotatable bonds is 0. The molecule has 2 nitrogen and oxygen atoms in total. The molecule has 1 rings (SSSR count). The van der Waals surface area contributed by atoms with Crippen molar-refractivity contribution in [1.82, 2.24) is 0 Å². The Morgan fingerprint density at radius 3 is 2.12 bits per heavy atom. The zero-order chi connectivity index (χ0) is 5.82. The van der Waals surface area contributed by atoms with Gasteiger partial charge in [0.2, 0.25) is 5.39 Å². The summed E-state index contributed by atoms with van der Waals surface area (Å²) in [5.41, 5.74) is 0.590. The number of nitrogens with zero attached hydrogens (tertiary/aromatic N) is 2. The van der Waals surface area contributed by atoms with Crippen LogP contribution < -0.4 is 0 Å². The molecule has 0 heterocycles. The highest BCUT2D eigenvalue weighted by molar-refractivity contribution is 5.42. The number of diazo groups is 1. The SMILES string of the molecule is [15N]#[15N+]c1ccccc1. The van der Waals surface area contributed by atoms with Crippen molar-refractivity contribution < 1.29 is 0 Å². The van der Waals surface area contributed by atoms with Crippen LogP contribution in [0.3, 0.4) is 0 Å². The topological polar surface area (TPSA) is 28.1 Å². The Balaban J connectivity index is 3.05. The highest BCUT2D eigenvalue weighted by atomic mass is 15.7. The van der Waals surface area contributed by atoms with Gasteiger partial charge in [0.1, 0.15) is 0 Å². The third-order valence-electron chi connectivity index (χ3n) is 0.872. The summed E-state index contributed by atoms with van der Waals surface area (Å²) < 4.78 is 0. The second-order valence-electron chi connectivity index (χ2n) is 1.44. The third-order valence-corrected chi connectivity index (χ3v) is 0.872. The van der Waals surface area contributed by atoms with Crippen molar-refractivity contribution >= 4 is 5.69 Å². The molecule has 0 N–H and O–H groups in total. The van der Waals surface area contributed by atoms with E-state index >= 15 is 0 Å². The first-order valence-corrected chi connectivity index (χ1v) is 2.33. The minimum Gasteiger partial charge on any atom is -0.0617 e. The second kappa shape index (κ2) is 2.08. The van der Waals surface area contributed by atoms with Gasteiger partial charge in [0.05, 0.1) is 0 Å². The third kappa shape index (κ3) is 0.824. The lowest BCUT2D eigenvalue weighted by molar-refractivity contribution is 1.46. The van der Waals surface area contributed by atoms with Crippen LogP contribution in [0.15, 0.2) is 30.3 Å². The summed E-state index contributed by atoms with van der Waals surface area (Å²) in [6.07, 6.45) is 0. The maximum absolute atomic E-state index is 8.16. The maximum atomic E-state index is 8.16. The van der Waals surface area contributed by atoms with E-state index in [4.69, 9.17) is 5.39 Å². The van der Waals surface area contributed by atoms with Crippen LogP contribution in [0.5, 0.6) is 0 Å². The van der Waals surface area contributed by atoms with Gasteiger partial charge in [-0.15, -0.1) is 0 Å². The average Bonchev–Trinajstić information content (AvgIpc) is 1.90. The summed E-state index contributed by atoms with van der Waals surface area (Å²) in [4.78, 5) is 2.97. The average molecular weight is 107 g/mol. The second-order valence-corrected chi connectivity index (χ2v) is 1.44. The van der Waals surface area contributed by atoms with Crippen molar-refractivity contribution in [3.8, 4) is 0 Å². The van der Waals surface area contributed by atoms with Gasteiger partial charge >= 0.3 is 5.69 Å². The molecule has 0 aliphatic heterocycles. The maximum Gasteiger partial charge on any atom is 0.385 e. The largest absolute Gasteiger partial charge is 0.385 e. The minimum absolute atomic E-state index is 0.590. The molecule has 0 aromatic heterocycles. The van der Waals surface area contributed by atoms with Gasteiger partial charge in [-0.2, -0.15) is 0 Å². The van der Waals surface area contributed by atoms with E-state index in [1.54, 1.807) is 12.1 Å². The molecule has 0 radical (unpaired) electrons.